The van der Waals surface area contributed by atoms with Crippen molar-refractivity contribution in [3.05, 3.63) is 60.2 Å². The van der Waals surface area contributed by atoms with Gasteiger partial charge in [0.05, 0.1) is 5.71 Å². The number of benzene rings is 2. The number of anilines is 1. The second kappa shape index (κ2) is 10.7. The van der Waals surface area contributed by atoms with E-state index in [4.69, 9.17) is 0 Å². The van der Waals surface area contributed by atoms with Crippen LogP contribution in [0, 0.1) is 0 Å². The minimum Gasteiger partial charge on any atom is -0.435 e. The van der Waals surface area contributed by atoms with Crippen molar-refractivity contribution < 1.29 is 18.3 Å². The topological polar surface area (TPSA) is 57.2 Å². The number of ether oxygens (including phenoxy) is 1. The molecule has 0 aromatic heterocycles. The fraction of sp³-hybridized carbons (Fsp3) is 0.364. The summed E-state index contributed by atoms with van der Waals surface area (Å²) in [5.41, 5.74) is 4.88. The molecule has 1 amide bonds. The zero-order valence-corrected chi connectivity index (χ0v) is 16.9. The molecule has 0 atom stereocenters. The van der Waals surface area contributed by atoms with Gasteiger partial charge in [-0.05, 0) is 31.2 Å². The first kappa shape index (κ1) is 21.7. The molecule has 0 bridgehead atoms. The highest BCUT2D eigenvalue weighted by Gasteiger charge is 2.17. The molecule has 1 heterocycles. The quantitative estimate of drug-likeness (QED) is 0.530. The number of halogens is 2. The average Bonchev–Trinajstić information content (AvgIpc) is 2.76. The van der Waals surface area contributed by atoms with Gasteiger partial charge in [-0.2, -0.15) is 13.9 Å². The Labute approximate surface area is 175 Å². The number of nitrogens with zero attached hydrogens (tertiary/aromatic N) is 3. The molecule has 0 saturated carbocycles. The molecule has 6 nitrogen and oxygen atoms in total. The van der Waals surface area contributed by atoms with Crippen LogP contribution >= 0.6 is 0 Å². The summed E-state index contributed by atoms with van der Waals surface area (Å²) in [6.45, 7) is 3.15. The van der Waals surface area contributed by atoms with Crippen molar-refractivity contribution in [1.82, 2.24) is 10.3 Å². The lowest BCUT2D eigenvalue weighted by atomic mass is 10.1. The summed E-state index contributed by atoms with van der Waals surface area (Å²) in [5, 5.41) is 4.08. The van der Waals surface area contributed by atoms with Crippen molar-refractivity contribution in [1.29, 1.82) is 0 Å². The van der Waals surface area contributed by atoms with Gasteiger partial charge in [-0.25, -0.2) is 5.43 Å². The molecule has 8 heteroatoms. The summed E-state index contributed by atoms with van der Waals surface area (Å²) >= 11 is 0. The number of piperazine rings is 1. The Morgan fingerprint density at radius 2 is 1.83 bits per heavy atom. The second-order valence-corrected chi connectivity index (χ2v) is 7.05. The monoisotopic (exact) mass is 416 g/mol. The first-order valence-electron chi connectivity index (χ1n) is 9.92. The lowest BCUT2D eigenvalue weighted by Gasteiger charge is -2.36. The zero-order chi connectivity index (χ0) is 21.3. The number of nitrogens with one attached hydrogen (secondary N) is 1. The van der Waals surface area contributed by atoms with Crippen LogP contribution in [0.5, 0.6) is 5.75 Å². The summed E-state index contributed by atoms with van der Waals surface area (Å²) in [7, 11) is 0. The zero-order valence-electron chi connectivity index (χ0n) is 16.9. The highest BCUT2D eigenvalue weighted by atomic mass is 19.3. The van der Waals surface area contributed by atoms with Gasteiger partial charge in [0.1, 0.15) is 5.75 Å². The van der Waals surface area contributed by atoms with Gasteiger partial charge in [-0.15, -0.1) is 0 Å². The maximum Gasteiger partial charge on any atom is 0.387 e. The molecular weight excluding hydrogens is 390 g/mol. The molecule has 1 saturated heterocycles. The normalized spacial score (nSPS) is 15.3. The third-order valence-electron chi connectivity index (χ3n) is 4.97. The highest BCUT2D eigenvalue weighted by molar-refractivity contribution is 5.99. The van der Waals surface area contributed by atoms with Crippen molar-refractivity contribution in [2.45, 2.75) is 20.0 Å². The highest BCUT2D eigenvalue weighted by Crippen LogP contribution is 2.17. The van der Waals surface area contributed by atoms with Crippen molar-refractivity contribution in [2.24, 2.45) is 5.10 Å². The Kier molecular flexibility index (Phi) is 7.73. The van der Waals surface area contributed by atoms with Crippen LogP contribution in [-0.4, -0.2) is 55.9 Å². The van der Waals surface area contributed by atoms with Gasteiger partial charge in [-0.3, -0.25) is 9.69 Å². The lowest BCUT2D eigenvalue weighted by molar-refractivity contribution is -0.121. The van der Waals surface area contributed by atoms with E-state index in [1.54, 1.807) is 19.1 Å². The Balaban J connectivity index is 1.42. The Morgan fingerprint density at radius 1 is 1.10 bits per heavy atom. The molecule has 0 radical (unpaired) electrons. The SMILES string of the molecule is CC(=NNC(=O)CCN1CCN(c2ccccc2)CC1)c1cccc(OC(F)F)c1. The maximum absolute atomic E-state index is 12.3. The first-order chi connectivity index (χ1) is 14.5. The molecule has 30 heavy (non-hydrogen) atoms. The molecule has 0 unspecified atom stereocenters. The van der Waals surface area contributed by atoms with Crippen LogP contribution in [0.15, 0.2) is 59.7 Å². The van der Waals surface area contributed by atoms with Gasteiger partial charge >= 0.3 is 6.61 Å². The van der Waals surface area contributed by atoms with Crippen molar-refractivity contribution >= 4 is 17.3 Å². The largest absolute Gasteiger partial charge is 0.435 e. The Hall–Kier alpha value is -3.00. The molecule has 2 aromatic carbocycles. The van der Waals surface area contributed by atoms with E-state index in [0.29, 0.717) is 24.2 Å². The molecule has 160 valence electrons. The number of hydrogen-bond donors (Lipinski definition) is 1. The number of amides is 1. The van der Waals surface area contributed by atoms with Crippen molar-refractivity contribution in [3.63, 3.8) is 0 Å². The van der Waals surface area contributed by atoms with Crippen molar-refractivity contribution in [3.8, 4) is 5.75 Å². The smallest absolute Gasteiger partial charge is 0.387 e. The number of carbonyl (C=O) groups excluding carboxylic acids is 1. The van der Waals surface area contributed by atoms with E-state index < -0.39 is 6.61 Å². The number of hydrazone groups is 1. The fourth-order valence-corrected chi connectivity index (χ4v) is 3.29. The van der Waals surface area contributed by atoms with Gasteiger partial charge in [-0.1, -0.05) is 30.3 Å². The number of rotatable bonds is 8. The summed E-state index contributed by atoms with van der Waals surface area (Å²) < 4.78 is 29.1. The molecule has 1 N–H and O–H groups in total. The van der Waals surface area contributed by atoms with E-state index in [1.807, 2.05) is 18.2 Å². The van der Waals surface area contributed by atoms with Gasteiger partial charge in [0.25, 0.3) is 0 Å². The van der Waals surface area contributed by atoms with Gasteiger partial charge in [0, 0.05) is 50.4 Å². The molecule has 2 aromatic rings. The minimum atomic E-state index is -2.88. The molecule has 0 spiro atoms. The van der Waals surface area contributed by atoms with Crippen LogP contribution in [0.2, 0.25) is 0 Å². The van der Waals surface area contributed by atoms with Gasteiger partial charge in [0.15, 0.2) is 0 Å². The maximum atomic E-state index is 12.3. The first-order valence-corrected chi connectivity index (χ1v) is 9.92. The molecule has 0 aliphatic carbocycles. The summed E-state index contributed by atoms with van der Waals surface area (Å²) in [6, 6.07) is 16.5. The molecular formula is C22H26F2N4O2. The summed E-state index contributed by atoms with van der Waals surface area (Å²) in [5.74, 6) is -0.127. The van der Waals surface area contributed by atoms with E-state index in [0.717, 1.165) is 26.2 Å². The van der Waals surface area contributed by atoms with Crippen LogP contribution in [0.3, 0.4) is 0 Å². The molecule has 1 aliphatic heterocycles. The van der Waals surface area contributed by atoms with Gasteiger partial charge < -0.3 is 9.64 Å². The van der Waals surface area contributed by atoms with Crippen LogP contribution in [0.4, 0.5) is 14.5 Å². The fourth-order valence-electron chi connectivity index (χ4n) is 3.29. The predicted molar refractivity (Wildman–Crippen MR) is 113 cm³/mol. The summed E-state index contributed by atoms with van der Waals surface area (Å²) in [4.78, 5) is 16.7. The van der Waals surface area contributed by atoms with Crippen LogP contribution in [0.1, 0.15) is 18.9 Å². The predicted octanol–water partition coefficient (Wildman–Crippen LogP) is 3.34. The minimum absolute atomic E-state index is 0.0537. The van der Waals surface area contributed by atoms with Crippen molar-refractivity contribution in [2.75, 3.05) is 37.6 Å². The van der Waals surface area contributed by atoms with E-state index in [2.05, 4.69) is 37.2 Å². The Morgan fingerprint density at radius 3 is 2.53 bits per heavy atom. The molecule has 1 fully saturated rings. The lowest BCUT2D eigenvalue weighted by Crippen LogP contribution is -2.47. The third kappa shape index (κ3) is 6.52. The van der Waals surface area contributed by atoms with Crippen LogP contribution < -0.4 is 15.1 Å². The van der Waals surface area contributed by atoms with E-state index in [-0.39, 0.29) is 11.7 Å². The number of alkyl halides is 2. The second-order valence-electron chi connectivity index (χ2n) is 7.05. The molecule has 1 aliphatic rings. The Bertz CT molecular complexity index is 853. The number of para-hydroxylation sites is 1. The molecule has 3 rings (SSSR count). The van der Waals surface area contributed by atoms with E-state index >= 15 is 0 Å². The standard InChI is InChI=1S/C22H26F2N4O2/c1-17(18-6-5-9-20(16-18)30-22(23)24)25-26-21(29)10-11-27-12-14-28(15-13-27)19-7-3-2-4-8-19/h2-9,16,22H,10-15H2,1H3,(H,26,29). The van der Waals surface area contributed by atoms with Gasteiger partial charge in [0.2, 0.25) is 5.91 Å². The average molecular weight is 416 g/mol. The van der Waals surface area contributed by atoms with Crippen LogP contribution in [0.25, 0.3) is 0 Å². The summed E-state index contributed by atoms with van der Waals surface area (Å²) in [6.07, 6.45) is 0.344. The number of hydrogen-bond acceptors (Lipinski definition) is 5. The third-order valence-corrected chi connectivity index (χ3v) is 4.97. The van der Waals surface area contributed by atoms with E-state index in [9.17, 15) is 13.6 Å². The van der Waals surface area contributed by atoms with E-state index in [1.165, 1.54) is 17.8 Å². The number of carbonyl (C=O) groups is 1. The van der Waals surface area contributed by atoms with Crippen LogP contribution in [-0.2, 0) is 4.79 Å².